The maximum absolute atomic E-state index is 13.5. The van der Waals surface area contributed by atoms with Crippen LogP contribution in [0.5, 0.6) is 0 Å². The van der Waals surface area contributed by atoms with E-state index in [-0.39, 0.29) is 7.24 Å². The number of halogens is 1. The van der Waals surface area contributed by atoms with Gasteiger partial charge in [-0.3, -0.25) is 14.2 Å². The van der Waals surface area contributed by atoms with Crippen LogP contribution in [0.25, 0.3) is 28.5 Å². The van der Waals surface area contributed by atoms with Gasteiger partial charge in [0.25, 0.3) is 0 Å². The lowest BCUT2D eigenvalue weighted by Crippen LogP contribution is -2.47. The third kappa shape index (κ3) is 5.23. The van der Waals surface area contributed by atoms with Gasteiger partial charge in [-0.15, -0.1) is 0 Å². The highest BCUT2D eigenvalue weighted by atomic mass is 19.1. The molecule has 9 heteroatoms. The summed E-state index contributed by atoms with van der Waals surface area (Å²) in [5.41, 5.74) is 4.31. The summed E-state index contributed by atoms with van der Waals surface area (Å²) in [6.07, 6.45) is 5.12. The van der Waals surface area contributed by atoms with Crippen LogP contribution in [-0.2, 0) is 6.54 Å². The van der Waals surface area contributed by atoms with E-state index in [1.807, 2.05) is 10.5 Å². The summed E-state index contributed by atoms with van der Waals surface area (Å²) in [5.74, 6) is 0.719. The molecule has 1 N–H and O–H groups in total. The second kappa shape index (κ2) is 10.5. The summed E-state index contributed by atoms with van der Waals surface area (Å²) in [4.78, 5) is 18.8. The van der Waals surface area contributed by atoms with Crippen LogP contribution in [0.15, 0.2) is 83.7 Å². The Kier molecular flexibility index (Phi) is 6.62. The zero-order valence-corrected chi connectivity index (χ0v) is 20.4. The molecular weight excluding hydrogens is 469 g/mol. The zero-order chi connectivity index (χ0) is 25.0. The van der Waals surface area contributed by atoms with Crippen molar-refractivity contribution < 1.29 is 10.2 Å². The van der Waals surface area contributed by atoms with Crippen LogP contribution in [0.3, 0.4) is 0 Å². The van der Waals surface area contributed by atoms with Crippen LogP contribution in [0.1, 0.15) is 6.99 Å². The van der Waals surface area contributed by atoms with E-state index >= 15 is 0 Å². The summed E-state index contributed by atoms with van der Waals surface area (Å²) in [6.45, 7) is 6.90. The number of hydrogen-bond donors (Lipinski definition) is 1. The fourth-order valence-electron chi connectivity index (χ4n) is 4.75. The lowest BCUT2D eigenvalue weighted by molar-refractivity contribution is 0.130. The van der Waals surface area contributed by atoms with E-state index in [1.165, 1.54) is 17.7 Å². The molecule has 1 aliphatic rings. The number of imidazole rings is 1. The van der Waals surface area contributed by atoms with Gasteiger partial charge in [0.1, 0.15) is 23.5 Å². The van der Waals surface area contributed by atoms with Gasteiger partial charge in [0, 0.05) is 65.2 Å². The van der Waals surface area contributed by atoms with E-state index in [0.717, 1.165) is 57.1 Å². The highest BCUT2D eigenvalue weighted by Crippen LogP contribution is 2.32. The molecule has 1 aliphatic heterocycles. The van der Waals surface area contributed by atoms with Crippen molar-refractivity contribution in [2.24, 2.45) is 0 Å². The van der Waals surface area contributed by atoms with Gasteiger partial charge >= 0.3 is 5.84 Å². The molecule has 1 saturated heterocycles. The Morgan fingerprint density at radius 1 is 0.919 bits per heavy atom. The Balaban J connectivity index is 0.00000294. The maximum atomic E-state index is 13.5. The molecular formula is C28H30FN7O. The first-order valence-corrected chi connectivity index (χ1v) is 12.5. The molecule has 3 aromatic heterocycles. The molecule has 6 rings (SSSR count). The summed E-state index contributed by atoms with van der Waals surface area (Å²) in [6, 6.07) is 18.8. The fourth-order valence-corrected chi connectivity index (χ4v) is 4.75. The minimum absolute atomic E-state index is 0. The van der Waals surface area contributed by atoms with Crippen LogP contribution < -0.4 is 5.32 Å². The lowest BCUT2D eigenvalue weighted by Gasteiger charge is -2.34. The maximum Gasteiger partial charge on any atom is 0.306 e. The number of oxazole rings is 1. The number of nitrogens with zero attached hydrogens (tertiary/aromatic N) is 6. The van der Waals surface area contributed by atoms with Gasteiger partial charge in [-0.2, -0.15) is 4.98 Å². The molecule has 4 heterocycles. The number of aromatic nitrogens is 4. The van der Waals surface area contributed by atoms with E-state index < -0.39 is 0 Å². The third-order valence-electron chi connectivity index (χ3n) is 6.70. The average molecular weight is 500 g/mol. The van der Waals surface area contributed by atoms with Gasteiger partial charge in [0.2, 0.25) is 5.95 Å². The first-order valence-electron chi connectivity index (χ1n) is 12.5. The fraction of sp³-hybridized carbons (Fsp3) is 0.250. The summed E-state index contributed by atoms with van der Waals surface area (Å²) in [7, 11) is 0. The van der Waals surface area contributed by atoms with Crippen molar-refractivity contribution in [1.29, 1.82) is 0 Å². The number of piperazine rings is 1. The molecule has 0 atom stereocenters. The first kappa shape index (κ1) is 23.3. The molecule has 37 heavy (non-hydrogen) atoms. The van der Waals surface area contributed by atoms with Crippen molar-refractivity contribution in [3.8, 4) is 22.6 Å². The number of fused-ring (bicyclic) bond motifs is 1. The molecule has 0 saturated carbocycles. The Morgan fingerprint density at radius 2 is 1.70 bits per heavy atom. The molecule has 190 valence electrons. The van der Waals surface area contributed by atoms with E-state index in [4.69, 9.17) is 9.40 Å². The smallest absolute Gasteiger partial charge is 0.306 e. The molecule has 0 unspecified atom stereocenters. The van der Waals surface area contributed by atoms with Crippen molar-refractivity contribution >= 4 is 11.8 Å². The molecule has 0 spiro atoms. The minimum atomic E-state index is -0.292. The molecule has 8 nitrogen and oxygen atoms in total. The Bertz CT molecular complexity index is 1460. The van der Waals surface area contributed by atoms with E-state index in [2.05, 4.69) is 55.4 Å². The van der Waals surface area contributed by atoms with Gasteiger partial charge in [0.15, 0.2) is 0 Å². The number of rotatable bonds is 8. The zero-order valence-electron chi connectivity index (χ0n) is 20.4. The second-order valence-corrected chi connectivity index (χ2v) is 9.17. The second-order valence-electron chi connectivity index (χ2n) is 9.17. The number of nitrogens with one attached hydrogen (secondary N) is 1. The molecule has 1 fully saturated rings. The highest BCUT2D eigenvalue weighted by molar-refractivity contribution is 5.79. The summed E-state index contributed by atoms with van der Waals surface area (Å²) < 4.78 is 20.9. The van der Waals surface area contributed by atoms with Gasteiger partial charge in [-0.1, -0.05) is 30.3 Å². The quantitative estimate of drug-likeness (QED) is 0.333. The topological polar surface area (TPSA) is 74.7 Å². The van der Waals surface area contributed by atoms with E-state index in [0.29, 0.717) is 23.2 Å². The Labute approximate surface area is 215 Å². The van der Waals surface area contributed by atoms with Crippen molar-refractivity contribution in [2.45, 2.75) is 6.54 Å². The first-order chi connectivity index (χ1) is 18.2. The van der Waals surface area contributed by atoms with Gasteiger partial charge in [-0.25, -0.2) is 14.4 Å². The minimum Gasteiger partial charge on any atom is -0.432 e. The summed E-state index contributed by atoms with van der Waals surface area (Å²) in [5, 5.41) is 3.37. The molecule has 0 amide bonds. The predicted octanol–water partition coefficient (Wildman–Crippen LogP) is 4.67. The van der Waals surface area contributed by atoms with E-state index in [9.17, 15) is 4.39 Å². The number of hydrogen-bond acceptors (Lipinski definition) is 7. The van der Waals surface area contributed by atoms with Crippen LogP contribution in [0, 0.1) is 5.82 Å². The molecule has 0 aliphatic carbocycles. The van der Waals surface area contributed by atoms with E-state index in [1.54, 1.807) is 30.8 Å². The molecule has 0 bridgehead atoms. The average Bonchev–Trinajstić information content (AvgIpc) is 3.53. The van der Waals surface area contributed by atoms with Crippen LogP contribution >= 0.6 is 0 Å². The standard InChI is InChI=1S/C28H28FN7O.H2/c29-23-8-6-22(7-9-23)25-26(36-18-19-37-28(36)33-25)24-10-11-30-27(32-24)31-12-13-34-14-16-35(17-15-34)20-21-4-2-1-3-5-21;/h1-11,18-19H,12-17,20H2,(H,30,31,32);1H. The SMILES string of the molecule is Fc1ccc(-c2nc3occn3c2-c2ccnc(NCCN3CCN(Cc4ccccc4)CC3)n2)cc1.[HH]. The van der Waals surface area contributed by atoms with Crippen molar-refractivity contribution in [3.63, 3.8) is 0 Å². The molecule has 2 aromatic carbocycles. The van der Waals surface area contributed by atoms with Crippen LogP contribution in [0.2, 0.25) is 0 Å². The number of benzene rings is 2. The Morgan fingerprint density at radius 3 is 2.51 bits per heavy atom. The van der Waals surface area contributed by atoms with Gasteiger partial charge < -0.3 is 9.73 Å². The van der Waals surface area contributed by atoms with Gasteiger partial charge in [0.05, 0.1) is 5.69 Å². The van der Waals surface area contributed by atoms with Crippen molar-refractivity contribution in [2.75, 3.05) is 44.6 Å². The predicted molar refractivity (Wildman–Crippen MR) is 143 cm³/mol. The van der Waals surface area contributed by atoms with Crippen LogP contribution in [-0.4, -0.2) is 68.4 Å². The summed E-state index contributed by atoms with van der Waals surface area (Å²) >= 11 is 0. The monoisotopic (exact) mass is 499 g/mol. The lowest BCUT2D eigenvalue weighted by atomic mass is 10.1. The number of anilines is 1. The molecule has 5 aromatic rings. The highest BCUT2D eigenvalue weighted by Gasteiger charge is 2.20. The van der Waals surface area contributed by atoms with Crippen LogP contribution in [0.4, 0.5) is 10.3 Å². The Hall–Kier alpha value is -4.08. The van der Waals surface area contributed by atoms with Gasteiger partial charge in [-0.05, 0) is 35.9 Å². The van der Waals surface area contributed by atoms with Crippen molar-refractivity contribution in [3.05, 3.63) is 90.7 Å². The largest absolute Gasteiger partial charge is 0.432 e. The van der Waals surface area contributed by atoms with Crippen molar-refractivity contribution in [1.82, 2.24) is 29.2 Å². The third-order valence-corrected chi connectivity index (χ3v) is 6.70. The normalized spacial score (nSPS) is 14.8. The molecule has 0 radical (unpaired) electrons.